The van der Waals surface area contributed by atoms with Gasteiger partial charge in [0, 0.05) is 18.0 Å². The second-order valence-corrected chi connectivity index (χ2v) is 10.4. The van der Waals surface area contributed by atoms with Gasteiger partial charge in [0.15, 0.2) is 0 Å². The zero-order valence-corrected chi connectivity index (χ0v) is 24.6. The Bertz CT molecular complexity index is 1240. The zero-order valence-electron chi connectivity index (χ0n) is 24.6. The third kappa shape index (κ3) is 9.89. The lowest BCUT2D eigenvalue weighted by Gasteiger charge is -2.31. The number of methoxy groups -OCH3 is 1. The van der Waals surface area contributed by atoms with Gasteiger partial charge in [-0.05, 0) is 37.0 Å². The molecule has 44 heavy (non-hydrogen) atoms. The van der Waals surface area contributed by atoms with Crippen LogP contribution in [0.25, 0.3) is 0 Å². The maximum absolute atomic E-state index is 15.2. The van der Waals surface area contributed by atoms with Crippen molar-refractivity contribution in [1.29, 1.82) is 0 Å². The molecule has 0 unspecified atom stereocenters. The highest BCUT2D eigenvalue weighted by molar-refractivity contribution is 6.14. The van der Waals surface area contributed by atoms with Crippen LogP contribution in [-0.4, -0.2) is 75.9 Å². The van der Waals surface area contributed by atoms with Crippen LogP contribution >= 0.6 is 0 Å². The Hall–Kier alpha value is -3.75. The second-order valence-electron chi connectivity index (χ2n) is 10.4. The van der Waals surface area contributed by atoms with Crippen molar-refractivity contribution < 1.29 is 46.2 Å². The molecule has 2 aromatic rings. The average Bonchev–Trinajstić information content (AvgIpc) is 3.01. The molecule has 14 heteroatoms. The Labute approximate surface area is 253 Å². The molecule has 1 aliphatic heterocycles. The summed E-state index contributed by atoms with van der Waals surface area (Å²) in [6.45, 7) is 0.608. The van der Waals surface area contributed by atoms with E-state index in [1.54, 1.807) is 5.32 Å². The lowest BCUT2D eigenvalue weighted by molar-refractivity contribution is -0.124. The van der Waals surface area contributed by atoms with Crippen molar-refractivity contribution in [2.75, 3.05) is 38.3 Å². The van der Waals surface area contributed by atoms with E-state index >= 15 is 4.39 Å². The Kier molecular flexibility index (Phi) is 12.9. The summed E-state index contributed by atoms with van der Waals surface area (Å²) in [5.41, 5.74) is 7.43. The summed E-state index contributed by atoms with van der Waals surface area (Å²) in [6.07, 6.45) is -5.47. The standard InChI is InChI=1S/C30H38F4N4O6/c1-3-8-22(19-9-5-4-6-10-19)26(35)27(39)38(29(41)42-2)25-12-7-11-24(31)23(25)14-13-21-15-36-20(16-43-21)17-44-28(40)37-18-30(32,33)34/h4-7,9-12,20-22,26,36H,3,8,13-18,35H2,1-2H3,(H,37,40)/t20-,21+,22+,26-/m0/s1. The molecule has 1 fully saturated rings. The number of imide groups is 1. The first kappa shape index (κ1) is 34.7. The van der Waals surface area contributed by atoms with Crippen LogP contribution < -0.4 is 21.3 Å². The number of carbonyl (C=O) groups excluding carboxylic acids is 3. The number of alkyl carbamates (subject to hydrolysis) is 1. The molecule has 4 atom stereocenters. The summed E-state index contributed by atoms with van der Waals surface area (Å²) < 4.78 is 67.4. The summed E-state index contributed by atoms with van der Waals surface area (Å²) in [7, 11) is 1.12. The number of hydrogen-bond donors (Lipinski definition) is 3. The van der Waals surface area contributed by atoms with Gasteiger partial charge in [-0.2, -0.15) is 13.2 Å². The van der Waals surface area contributed by atoms with Crippen LogP contribution in [0, 0.1) is 5.82 Å². The Morgan fingerprint density at radius 1 is 1.16 bits per heavy atom. The molecule has 1 saturated heterocycles. The average molecular weight is 627 g/mol. The van der Waals surface area contributed by atoms with E-state index in [4.69, 9.17) is 19.9 Å². The molecule has 10 nitrogen and oxygen atoms in total. The highest BCUT2D eigenvalue weighted by atomic mass is 19.4. The molecule has 0 saturated carbocycles. The molecule has 1 heterocycles. The van der Waals surface area contributed by atoms with Gasteiger partial charge in [-0.15, -0.1) is 0 Å². The highest BCUT2D eigenvalue weighted by Crippen LogP contribution is 2.30. The van der Waals surface area contributed by atoms with Gasteiger partial charge in [-0.1, -0.05) is 49.7 Å². The summed E-state index contributed by atoms with van der Waals surface area (Å²) in [5.74, 6) is -1.76. The fraction of sp³-hybridized carbons (Fsp3) is 0.500. The largest absolute Gasteiger partial charge is 0.452 e. The first-order valence-corrected chi connectivity index (χ1v) is 14.3. The molecule has 0 aromatic heterocycles. The minimum absolute atomic E-state index is 0.0144. The van der Waals surface area contributed by atoms with Gasteiger partial charge in [-0.25, -0.2) is 18.9 Å². The third-order valence-corrected chi connectivity index (χ3v) is 7.19. The normalized spacial score (nSPS) is 18.2. The number of carbonyl (C=O) groups is 3. The molecular weight excluding hydrogens is 588 g/mol. The molecule has 0 bridgehead atoms. The number of morpholine rings is 1. The number of benzene rings is 2. The Morgan fingerprint density at radius 2 is 1.89 bits per heavy atom. The van der Waals surface area contributed by atoms with Crippen LogP contribution in [0.2, 0.25) is 0 Å². The number of amides is 3. The second kappa shape index (κ2) is 16.4. The van der Waals surface area contributed by atoms with Gasteiger partial charge in [-0.3, -0.25) is 4.79 Å². The number of nitrogens with one attached hydrogen (secondary N) is 2. The maximum atomic E-state index is 15.2. The van der Waals surface area contributed by atoms with Crippen LogP contribution in [0.4, 0.5) is 32.8 Å². The van der Waals surface area contributed by atoms with E-state index in [0.29, 0.717) is 6.42 Å². The SMILES string of the molecule is CCC[C@H](c1ccccc1)[C@H](N)C(=O)N(C(=O)OC)c1cccc(F)c1CC[C@@H]1CN[C@H](COC(=O)NCC(F)(F)F)CO1. The number of alkyl halides is 3. The van der Waals surface area contributed by atoms with Crippen LogP contribution in [0.3, 0.4) is 0 Å². The molecule has 3 amide bonds. The summed E-state index contributed by atoms with van der Waals surface area (Å²) in [4.78, 5) is 39.0. The van der Waals surface area contributed by atoms with Gasteiger partial charge < -0.3 is 30.6 Å². The van der Waals surface area contributed by atoms with E-state index in [-0.39, 0.29) is 43.9 Å². The number of rotatable bonds is 12. The van der Waals surface area contributed by atoms with Crippen molar-refractivity contribution in [3.8, 4) is 0 Å². The number of halogens is 4. The summed E-state index contributed by atoms with van der Waals surface area (Å²) in [6, 6.07) is 11.7. The number of hydrogen-bond acceptors (Lipinski definition) is 8. The topological polar surface area (TPSA) is 132 Å². The molecule has 0 aliphatic carbocycles. The molecule has 1 aliphatic rings. The maximum Gasteiger partial charge on any atom is 0.420 e. The summed E-state index contributed by atoms with van der Waals surface area (Å²) in [5, 5.41) is 4.70. The Morgan fingerprint density at radius 3 is 2.50 bits per heavy atom. The van der Waals surface area contributed by atoms with Gasteiger partial charge in [0.2, 0.25) is 0 Å². The minimum Gasteiger partial charge on any atom is -0.452 e. The van der Waals surface area contributed by atoms with Crippen LogP contribution in [-0.2, 0) is 25.4 Å². The monoisotopic (exact) mass is 626 g/mol. The molecule has 2 aromatic carbocycles. The highest BCUT2D eigenvalue weighted by Gasteiger charge is 2.36. The zero-order chi connectivity index (χ0) is 32.3. The van der Waals surface area contributed by atoms with Crippen LogP contribution in [0.1, 0.15) is 43.2 Å². The molecule has 3 rings (SSSR count). The lowest BCUT2D eigenvalue weighted by Crippen LogP contribution is -2.50. The van der Waals surface area contributed by atoms with Gasteiger partial charge >= 0.3 is 18.4 Å². The van der Waals surface area contributed by atoms with Crippen molar-refractivity contribution in [3.05, 3.63) is 65.5 Å². The van der Waals surface area contributed by atoms with Crippen molar-refractivity contribution in [2.24, 2.45) is 5.73 Å². The van der Waals surface area contributed by atoms with E-state index < -0.39 is 60.7 Å². The van der Waals surface area contributed by atoms with Crippen molar-refractivity contribution in [3.63, 3.8) is 0 Å². The summed E-state index contributed by atoms with van der Waals surface area (Å²) >= 11 is 0. The molecular formula is C30H38F4N4O6. The lowest BCUT2D eigenvalue weighted by atomic mass is 9.87. The van der Waals surface area contributed by atoms with E-state index in [1.807, 2.05) is 37.3 Å². The van der Waals surface area contributed by atoms with Gasteiger partial charge in [0.05, 0.1) is 37.6 Å². The number of ether oxygens (including phenoxy) is 3. The quantitative estimate of drug-likeness (QED) is 0.295. The third-order valence-electron chi connectivity index (χ3n) is 7.19. The molecule has 242 valence electrons. The molecule has 0 radical (unpaired) electrons. The predicted molar refractivity (Wildman–Crippen MR) is 154 cm³/mol. The van der Waals surface area contributed by atoms with Crippen LogP contribution in [0.5, 0.6) is 0 Å². The first-order valence-electron chi connectivity index (χ1n) is 14.3. The Balaban J connectivity index is 1.67. The van der Waals surface area contributed by atoms with Gasteiger partial charge in [0.1, 0.15) is 19.0 Å². The van der Waals surface area contributed by atoms with E-state index in [0.717, 1.165) is 24.0 Å². The van der Waals surface area contributed by atoms with Crippen LogP contribution in [0.15, 0.2) is 48.5 Å². The number of nitrogens with zero attached hydrogens (tertiary/aromatic N) is 1. The fourth-order valence-electron chi connectivity index (χ4n) is 4.95. The molecule has 0 spiro atoms. The van der Waals surface area contributed by atoms with Crippen molar-refractivity contribution in [2.45, 2.75) is 62.9 Å². The predicted octanol–water partition coefficient (Wildman–Crippen LogP) is 4.41. The minimum atomic E-state index is -4.55. The number of anilines is 1. The first-order chi connectivity index (χ1) is 20.9. The van der Waals surface area contributed by atoms with Gasteiger partial charge in [0.25, 0.3) is 5.91 Å². The van der Waals surface area contributed by atoms with E-state index in [9.17, 15) is 27.6 Å². The number of nitrogens with two attached hydrogens (primary N) is 1. The fourth-order valence-corrected chi connectivity index (χ4v) is 4.95. The van der Waals surface area contributed by atoms with Crippen molar-refractivity contribution >= 4 is 23.8 Å². The molecule has 4 N–H and O–H groups in total. The van der Waals surface area contributed by atoms with E-state index in [1.165, 1.54) is 18.2 Å². The van der Waals surface area contributed by atoms with Crippen molar-refractivity contribution in [1.82, 2.24) is 10.6 Å². The smallest absolute Gasteiger partial charge is 0.420 e. The van der Waals surface area contributed by atoms with E-state index in [2.05, 4.69) is 5.32 Å².